The molecule has 0 fully saturated rings. The van der Waals surface area contributed by atoms with Crippen molar-refractivity contribution in [3.63, 3.8) is 0 Å². The fourth-order valence-corrected chi connectivity index (χ4v) is 3.84. The standard InChI is InChI=1S/C18H15ClFN3O2S/c1-23-17(12-4-2-3-5-14(12)20)21-22-18(23)26-10-11-8-13(19)16-15(9-11)24-6-7-25-16/h2-5,8-9H,6-7,10H2,1H3. The fraction of sp³-hybridized carbons (Fsp3) is 0.222. The van der Waals surface area contributed by atoms with Crippen LogP contribution in [0, 0.1) is 5.82 Å². The molecule has 0 saturated carbocycles. The lowest BCUT2D eigenvalue weighted by atomic mass is 10.2. The van der Waals surface area contributed by atoms with E-state index < -0.39 is 0 Å². The fourth-order valence-electron chi connectivity index (χ4n) is 2.71. The number of aromatic nitrogens is 3. The Bertz CT molecular complexity index is 964. The highest BCUT2D eigenvalue weighted by Crippen LogP contribution is 2.39. The second-order valence-corrected chi connectivity index (χ2v) is 7.09. The highest BCUT2D eigenvalue weighted by atomic mass is 35.5. The molecule has 0 amide bonds. The van der Waals surface area contributed by atoms with E-state index in [1.165, 1.54) is 17.8 Å². The zero-order valence-corrected chi connectivity index (χ0v) is 15.5. The maximum absolute atomic E-state index is 14.0. The molecule has 0 spiro atoms. The molecule has 134 valence electrons. The van der Waals surface area contributed by atoms with Crippen molar-refractivity contribution in [3.8, 4) is 22.9 Å². The molecular weight excluding hydrogens is 377 g/mol. The predicted octanol–water partition coefficient (Wildman–Crippen LogP) is 4.34. The molecule has 26 heavy (non-hydrogen) atoms. The smallest absolute Gasteiger partial charge is 0.191 e. The summed E-state index contributed by atoms with van der Waals surface area (Å²) in [4.78, 5) is 0. The number of fused-ring (bicyclic) bond motifs is 1. The van der Waals surface area contributed by atoms with E-state index in [2.05, 4.69) is 10.2 Å². The molecule has 2 heterocycles. The Hall–Kier alpha value is -2.25. The molecule has 5 nitrogen and oxygen atoms in total. The van der Waals surface area contributed by atoms with E-state index in [-0.39, 0.29) is 5.82 Å². The molecule has 4 rings (SSSR count). The van der Waals surface area contributed by atoms with Crippen molar-refractivity contribution in [2.75, 3.05) is 13.2 Å². The summed E-state index contributed by atoms with van der Waals surface area (Å²) in [5, 5.41) is 9.53. The number of rotatable bonds is 4. The molecule has 0 aliphatic carbocycles. The number of ether oxygens (including phenoxy) is 2. The van der Waals surface area contributed by atoms with Crippen LogP contribution in [0.2, 0.25) is 5.02 Å². The normalized spacial score (nSPS) is 13.0. The summed E-state index contributed by atoms with van der Waals surface area (Å²) in [6.45, 7) is 1.01. The highest BCUT2D eigenvalue weighted by molar-refractivity contribution is 7.98. The van der Waals surface area contributed by atoms with Gasteiger partial charge in [0.15, 0.2) is 22.5 Å². The van der Waals surface area contributed by atoms with Gasteiger partial charge in [-0.15, -0.1) is 10.2 Å². The van der Waals surface area contributed by atoms with Crippen LogP contribution in [0.3, 0.4) is 0 Å². The van der Waals surface area contributed by atoms with E-state index in [4.69, 9.17) is 21.1 Å². The predicted molar refractivity (Wildman–Crippen MR) is 98.4 cm³/mol. The molecule has 0 unspecified atom stereocenters. The van der Waals surface area contributed by atoms with E-state index >= 15 is 0 Å². The Balaban J connectivity index is 1.54. The minimum absolute atomic E-state index is 0.321. The summed E-state index contributed by atoms with van der Waals surface area (Å²) in [6.07, 6.45) is 0. The number of nitrogens with zero attached hydrogens (tertiary/aromatic N) is 3. The van der Waals surface area contributed by atoms with E-state index in [9.17, 15) is 4.39 Å². The first-order valence-electron chi connectivity index (χ1n) is 7.98. The van der Waals surface area contributed by atoms with Gasteiger partial charge in [0.05, 0.1) is 10.6 Å². The van der Waals surface area contributed by atoms with Crippen molar-refractivity contribution in [3.05, 3.63) is 52.8 Å². The maximum atomic E-state index is 14.0. The molecule has 0 bridgehead atoms. The third-order valence-corrected chi connectivity index (χ3v) is 5.35. The minimum atomic E-state index is -0.321. The van der Waals surface area contributed by atoms with Gasteiger partial charge < -0.3 is 14.0 Å². The number of hydrogen-bond donors (Lipinski definition) is 0. The second kappa shape index (κ2) is 7.17. The number of thioether (sulfide) groups is 1. The molecule has 0 N–H and O–H groups in total. The molecular formula is C18H15ClFN3O2S. The van der Waals surface area contributed by atoms with Gasteiger partial charge in [-0.3, -0.25) is 0 Å². The summed E-state index contributed by atoms with van der Waals surface area (Å²) < 4.78 is 26.9. The van der Waals surface area contributed by atoms with Crippen molar-refractivity contribution in [1.29, 1.82) is 0 Å². The molecule has 1 aromatic heterocycles. The van der Waals surface area contributed by atoms with Crippen molar-refractivity contribution < 1.29 is 13.9 Å². The second-order valence-electron chi connectivity index (χ2n) is 5.74. The summed E-state index contributed by atoms with van der Waals surface area (Å²) in [7, 11) is 1.82. The van der Waals surface area contributed by atoms with E-state index in [1.54, 1.807) is 22.8 Å². The zero-order valence-electron chi connectivity index (χ0n) is 13.9. The largest absolute Gasteiger partial charge is 0.486 e. The van der Waals surface area contributed by atoms with Gasteiger partial charge in [0.1, 0.15) is 19.0 Å². The lowest BCUT2D eigenvalue weighted by molar-refractivity contribution is 0.171. The SMILES string of the molecule is Cn1c(SCc2cc(Cl)c3c(c2)OCCO3)nnc1-c1ccccc1F. The lowest BCUT2D eigenvalue weighted by Gasteiger charge is -2.20. The van der Waals surface area contributed by atoms with Crippen LogP contribution in [-0.4, -0.2) is 28.0 Å². The summed E-state index contributed by atoms with van der Waals surface area (Å²) in [5.74, 6) is 2.04. The van der Waals surface area contributed by atoms with Gasteiger partial charge in [-0.05, 0) is 29.8 Å². The van der Waals surface area contributed by atoms with Crippen molar-refractivity contribution in [1.82, 2.24) is 14.8 Å². The molecule has 1 aliphatic rings. The Labute approximate surface area is 159 Å². The van der Waals surface area contributed by atoms with Crippen LogP contribution in [-0.2, 0) is 12.8 Å². The zero-order chi connectivity index (χ0) is 18.1. The summed E-state index contributed by atoms with van der Waals surface area (Å²) >= 11 is 7.77. The Morgan fingerprint density at radius 1 is 1.19 bits per heavy atom. The van der Waals surface area contributed by atoms with Gasteiger partial charge >= 0.3 is 0 Å². The lowest BCUT2D eigenvalue weighted by Crippen LogP contribution is -2.15. The molecule has 0 atom stereocenters. The van der Waals surface area contributed by atoms with Gasteiger partial charge in [0.25, 0.3) is 0 Å². The first kappa shape index (κ1) is 17.2. The van der Waals surface area contributed by atoms with Crippen LogP contribution in [0.1, 0.15) is 5.56 Å². The topological polar surface area (TPSA) is 49.2 Å². The third-order valence-electron chi connectivity index (χ3n) is 3.97. The van der Waals surface area contributed by atoms with Gasteiger partial charge in [0, 0.05) is 12.8 Å². The highest BCUT2D eigenvalue weighted by Gasteiger charge is 2.18. The maximum Gasteiger partial charge on any atom is 0.191 e. The van der Waals surface area contributed by atoms with Crippen molar-refractivity contribution >= 4 is 23.4 Å². The van der Waals surface area contributed by atoms with Crippen LogP contribution in [0.25, 0.3) is 11.4 Å². The molecule has 2 aromatic carbocycles. The average molecular weight is 392 g/mol. The molecule has 1 aliphatic heterocycles. The van der Waals surface area contributed by atoms with E-state index in [1.807, 2.05) is 19.2 Å². The van der Waals surface area contributed by atoms with Crippen molar-refractivity contribution in [2.24, 2.45) is 7.05 Å². The first-order chi connectivity index (χ1) is 12.6. The number of hydrogen-bond acceptors (Lipinski definition) is 5. The van der Waals surface area contributed by atoms with Crippen LogP contribution < -0.4 is 9.47 Å². The number of halogens is 2. The first-order valence-corrected chi connectivity index (χ1v) is 9.35. The van der Waals surface area contributed by atoms with Crippen LogP contribution in [0.4, 0.5) is 4.39 Å². The van der Waals surface area contributed by atoms with Crippen molar-refractivity contribution in [2.45, 2.75) is 10.9 Å². The Morgan fingerprint density at radius 3 is 2.85 bits per heavy atom. The van der Waals surface area contributed by atoms with Gasteiger partial charge in [-0.2, -0.15) is 0 Å². The summed E-state index contributed by atoms with van der Waals surface area (Å²) in [6, 6.07) is 10.3. The average Bonchev–Trinajstić information content (AvgIpc) is 3.01. The number of benzene rings is 2. The summed E-state index contributed by atoms with van der Waals surface area (Å²) in [5.41, 5.74) is 1.41. The van der Waals surface area contributed by atoms with Gasteiger partial charge in [-0.25, -0.2) is 4.39 Å². The Morgan fingerprint density at radius 2 is 2.00 bits per heavy atom. The van der Waals surface area contributed by atoms with Crippen LogP contribution in [0.15, 0.2) is 41.6 Å². The van der Waals surface area contributed by atoms with Gasteiger partial charge in [-0.1, -0.05) is 35.5 Å². The van der Waals surface area contributed by atoms with E-state index in [0.717, 1.165) is 5.56 Å². The monoisotopic (exact) mass is 391 g/mol. The minimum Gasteiger partial charge on any atom is -0.486 e. The molecule has 8 heteroatoms. The Kier molecular flexibility index (Phi) is 4.74. The van der Waals surface area contributed by atoms with Crippen LogP contribution >= 0.6 is 23.4 Å². The molecule has 0 radical (unpaired) electrons. The quantitative estimate of drug-likeness (QED) is 0.619. The molecule has 0 saturated heterocycles. The third kappa shape index (κ3) is 3.24. The van der Waals surface area contributed by atoms with Crippen LogP contribution in [0.5, 0.6) is 11.5 Å². The molecule has 3 aromatic rings. The van der Waals surface area contributed by atoms with Gasteiger partial charge in [0.2, 0.25) is 0 Å². The van der Waals surface area contributed by atoms with E-state index in [0.29, 0.717) is 52.0 Å².